The molecule has 3 aromatic rings. The molecule has 0 aliphatic carbocycles. The fraction of sp³-hybridized carbons (Fsp3) is 0.414. The van der Waals surface area contributed by atoms with Gasteiger partial charge < -0.3 is 0 Å². The topological polar surface area (TPSA) is 12.9 Å². The number of rotatable bonds is 12. The minimum absolute atomic E-state index is 0.194. The van der Waals surface area contributed by atoms with Crippen molar-refractivity contribution in [2.24, 2.45) is 0 Å². The molecule has 0 bridgehead atoms. The molecule has 0 spiro atoms. The van der Waals surface area contributed by atoms with Crippen LogP contribution < -0.4 is 0 Å². The zero-order chi connectivity index (χ0) is 21.9. The van der Waals surface area contributed by atoms with E-state index in [4.69, 9.17) is 0 Å². The van der Waals surface area contributed by atoms with Crippen molar-refractivity contribution in [3.8, 4) is 22.4 Å². The van der Waals surface area contributed by atoms with Crippen LogP contribution in [0.25, 0.3) is 22.4 Å². The molecule has 1 aromatic heterocycles. The molecule has 0 atom stereocenters. The number of hydrogen-bond acceptors (Lipinski definition) is 1. The molecule has 2 aromatic carbocycles. The quantitative estimate of drug-likeness (QED) is 0.268. The molecule has 0 fully saturated rings. The van der Waals surface area contributed by atoms with Crippen molar-refractivity contribution >= 4 is 0 Å². The fourth-order valence-corrected chi connectivity index (χ4v) is 4.08. The molecule has 164 valence electrons. The number of benzene rings is 2. The molecule has 1 nitrogen and oxygen atoms in total. The van der Waals surface area contributed by atoms with Gasteiger partial charge in [0.2, 0.25) is 0 Å². The highest BCUT2D eigenvalue weighted by atomic mass is 19.1. The Morgan fingerprint density at radius 3 is 1.97 bits per heavy atom. The van der Waals surface area contributed by atoms with Gasteiger partial charge in [0.1, 0.15) is 5.82 Å². The zero-order valence-corrected chi connectivity index (χ0v) is 19.2. The summed E-state index contributed by atoms with van der Waals surface area (Å²) in [6.07, 6.45) is 14.3. The van der Waals surface area contributed by atoms with Gasteiger partial charge in [0.15, 0.2) is 0 Å². The summed E-state index contributed by atoms with van der Waals surface area (Å²) in [6, 6.07) is 18.2. The lowest BCUT2D eigenvalue weighted by Gasteiger charge is -2.08. The number of nitrogens with zero attached hydrogens (tertiary/aromatic N) is 1. The van der Waals surface area contributed by atoms with Gasteiger partial charge in [0.25, 0.3) is 0 Å². The monoisotopic (exact) mass is 417 g/mol. The first-order valence-electron chi connectivity index (χ1n) is 12.1. The second-order valence-electron chi connectivity index (χ2n) is 8.56. The van der Waals surface area contributed by atoms with Gasteiger partial charge in [0, 0.05) is 17.3 Å². The maximum absolute atomic E-state index is 14.5. The second-order valence-corrected chi connectivity index (χ2v) is 8.56. The van der Waals surface area contributed by atoms with Crippen molar-refractivity contribution in [3.63, 3.8) is 0 Å². The second kappa shape index (κ2) is 12.4. The van der Waals surface area contributed by atoms with Gasteiger partial charge >= 0.3 is 0 Å². The Morgan fingerprint density at radius 1 is 0.645 bits per heavy atom. The smallest absolute Gasteiger partial charge is 0.132 e. The SMILES string of the molecule is CCCCCCCCCc1ccc(-c2ccc(-c3ccc(CCC)cc3F)nc2)cc1. The minimum atomic E-state index is -0.194. The van der Waals surface area contributed by atoms with Crippen LogP contribution >= 0.6 is 0 Å². The highest BCUT2D eigenvalue weighted by molar-refractivity contribution is 5.67. The van der Waals surface area contributed by atoms with Gasteiger partial charge in [-0.2, -0.15) is 0 Å². The maximum atomic E-state index is 14.5. The molecule has 2 heteroatoms. The Hall–Kier alpha value is -2.48. The number of aromatic nitrogens is 1. The fourth-order valence-electron chi connectivity index (χ4n) is 4.08. The van der Waals surface area contributed by atoms with Crippen molar-refractivity contribution in [1.82, 2.24) is 4.98 Å². The van der Waals surface area contributed by atoms with E-state index in [0.29, 0.717) is 11.3 Å². The Labute approximate surface area is 187 Å². The van der Waals surface area contributed by atoms with E-state index in [-0.39, 0.29) is 5.82 Å². The zero-order valence-electron chi connectivity index (χ0n) is 19.2. The third kappa shape index (κ3) is 7.02. The van der Waals surface area contributed by atoms with E-state index in [0.717, 1.165) is 36.0 Å². The Bertz CT molecular complexity index is 912. The van der Waals surface area contributed by atoms with Gasteiger partial charge in [0.05, 0.1) is 5.69 Å². The summed E-state index contributed by atoms with van der Waals surface area (Å²) in [4.78, 5) is 4.54. The van der Waals surface area contributed by atoms with E-state index in [1.54, 1.807) is 6.07 Å². The lowest BCUT2D eigenvalue weighted by atomic mass is 10.0. The van der Waals surface area contributed by atoms with E-state index >= 15 is 0 Å². The normalized spacial score (nSPS) is 11.1. The molecule has 0 N–H and O–H groups in total. The van der Waals surface area contributed by atoms with Crippen LogP contribution in [-0.2, 0) is 12.8 Å². The van der Waals surface area contributed by atoms with Crippen molar-refractivity contribution in [3.05, 3.63) is 77.7 Å². The molecular weight excluding hydrogens is 381 g/mol. The van der Waals surface area contributed by atoms with Gasteiger partial charge in [-0.05, 0) is 54.2 Å². The predicted octanol–water partition coefficient (Wildman–Crippen LogP) is 8.80. The van der Waals surface area contributed by atoms with Crippen LogP contribution in [0, 0.1) is 5.82 Å². The summed E-state index contributed by atoms with van der Waals surface area (Å²) in [5, 5.41) is 0. The first kappa shape index (κ1) is 23.2. The van der Waals surface area contributed by atoms with Gasteiger partial charge in [-0.25, -0.2) is 4.39 Å². The number of unbranched alkanes of at least 4 members (excludes halogenated alkanes) is 6. The van der Waals surface area contributed by atoms with Crippen molar-refractivity contribution < 1.29 is 4.39 Å². The Kier molecular flexibility index (Phi) is 9.27. The molecule has 0 aliphatic rings. The molecule has 0 saturated carbocycles. The van der Waals surface area contributed by atoms with Gasteiger partial charge in [-0.1, -0.05) is 95.2 Å². The van der Waals surface area contributed by atoms with Gasteiger partial charge in [-0.3, -0.25) is 4.98 Å². The summed E-state index contributed by atoms with van der Waals surface area (Å²) < 4.78 is 14.5. The van der Waals surface area contributed by atoms with Crippen LogP contribution in [0.15, 0.2) is 60.8 Å². The largest absolute Gasteiger partial charge is 0.256 e. The number of hydrogen-bond donors (Lipinski definition) is 0. The first-order valence-corrected chi connectivity index (χ1v) is 12.1. The molecule has 0 amide bonds. The highest BCUT2D eigenvalue weighted by Gasteiger charge is 2.08. The molecule has 0 radical (unpaired) electrons. The number of pyridine rings is 1. The summed E-state index contributed by atoms with van der Waals surface area (Å²) >= 11 is 0. The molecule has 3 rings (SSSR count). The van der Waals surface area contributed by atoms with E-state index in [9.17, 15) is 4.39 Å². The lowest BCUT2D eigenvalue weighted by Crippen LogP contribution is -1.92. The third-order valence-corrected chi connectivity index (χ3v) is 5.97. The summed E-state index contributed by atoms with van der Waals surface area (Å²) in [6.45, 7) is 4.37. The summed E-state index contributed by atoms with van der Waals surface area (Å²) in [5.74, 6) is -0.194. The summed E-state index contributed by atoms with van der Waals surface area (Å²) in [5.41, 5.74) is 5.90. The van der Waals surface area contributed by atoms with E-state index in [1.807, 2.05) is 30.5 Å². The predicted molar refractivity (Wildman–Crippen MR) is 131 cm³/mol. The molecule has 1 heterocycles. The molecular formula is C29H36FN. The Balaban J connectivity index is 1.55. The summed E-state index contributed by atoms with van der Waals surface area (Å²) in [7, 11) is 0. The molecule has 31 heavy (non-hydrogen) atoms. The van der Waals surface area contributed by atoms with E-state index in [1.165, 1.54) is 50.5 Å². The average molecular weight is 418 g/mol. The molecule has 0 aliphatic heterocycles. The third-order valence-electron chi connectivity index (χ3n) is 5.97. The maximum Gasteiger partial charge on any atom is 0.132 e. The molecule has 0 saturated heterocycles. The minimum Gasteiger partial charge on any atom is -0.256 e. The first-order chi connectivity index (χ1) is 15.2. The van der Waals surface area contributed by atoms with Crippen LogP contribution in [0.5, 0.6) is 0 Å². The van der Waals surface area contributed by atoms with Gasteiger partial charge in [-0.15, -0.1) is 0 Å². The van der Waals surface area contributed by atoms with Crippen LogP contribution in [0.2, 0.25) is 0 Å². The lowest BCUT2D eigenvalue weighted by molar-refractivity contribution is 0.589. The number of halogens is 1. The Morgan fingerprint density at radius 2 is 1.32 bits per heavy atom. The number of aryl methyl sites for hydroxylation is 2. The van der Waals surface area contributed by atoms with E-state index in [2.05, 4.69) is 43.1 Å². The van der Waals surface area contributed by atoms with E-state index < -0.39 is 0 Å². The standard InChI is InChI=1S/C29H36FN/c1-3-5-6-7-8-9-10-12-23-13-16-25(17-14-23)26-18-20-29(31-22-26)27-19-15-24(11-4-2)21-28(27)30/h13-22H,3-12H2,1-2H3. The van der Waals surface area contributed by atoms with Crippen LogP contribution in [0.4, 0.5) is 4.39 Å². The van der Waals surface area contributed by atoms with Crippen molar-refractivity contribution in [2.45, 2.75) is 78.1 Å². The van der Waals surface area contributed by atoms with Crippen molar-refractivity contribution in [1.29, 1.82) is 0 Å². The highest BCUT2D eigenvalue weighted by Crippen LogP contribution is 2.26. The van der Waals surface area contributed by atoms with Crippen LogP contribution in [0.3, 0.4) is 0 Å². The average Bonchev–Trinajstić information content (AvgIpc) is 2.79. The van der Waals surface area contributed by atoms with Crippen LogP contribution in [0.1, 0.15) is 76.3 Å². The van der Waals surface area contributed by atoms with Crippen LogP contribution in [-0.4, -0.2) is 4.98 Å². The van der Waals surface area contributed by atoms with Crippen molar-refractivity contribution in [2.75, 3.05) is 0 Å². The molecule has 0 unspecified atom stereocenters.